The molecule has 0 radical (unpaired) electrons. The van der Waals surface area contributed by atoms with Crippen LogP contribution in [0.4, 0.5) is 0 Å². The largest absolute Gasteiger partial charge is 0.256 e. The van der Waals surface area contributed by atoms with Crippen molar-refractivity contribution in [3.8, 4) is 11.3 Å². The van der Waals surface area contributed by atoms with E-state index in [9.17, 15) is 0 Å². The molecule has 0 N–H and O–H groups in total. The van der Waals surface area contributed by atoms with Crippen molar-refractivity contribution in [2.24, 2.45) is 0 Å². The monoisotopic (exact) mass is 221 g/mol. The highest BCUT2D eigenvalue weighted by Crippen LogP contribution is 2.20. The minimum absolute atomic E-state index is 0.774. The zero-order valence-electron chi connectivity index (χ0n) is 9.46. The number of para-hydroxylation sites is 1. The number of aryl methyl sites for hydroxylation is 1. The van der Waals surface area contributed by atoms with Crippen molar-refractivity contribution in [3.05, 3.63) is 54.6 Å². The second-order valence-corrected chi connectivity index (χ2v) is 3.91. The Morgan fingerprint density at radius 2 is 1.88 bits per heavy atom. The van der Waals surface area contributed by atoms with Crippen LogP contribution in [0.3, 0.4) is 0 Å². The van der Waals surface area contributed by atoms with Gasteiger partial charge in [-0.2, -0.15) is 0 Å². The van der Waals surface area contributed by atoms with E-state index < -0.39 is 0 Å². The van der Waals surface area contributed by atoms with Crippen LogP contribution in [0.2, 0.25) is 0 Å². The summed E-state index contributed by atoms with van der Waals surface area (Å²) in [6.07, 6.45) is 3.62. The van der Waals surface area contributed by atoms with Crippen LogP contribution in [0.25, 0.3) is 22.2 Å². The van der Waals surface area contributed by atoms with Crippen molar-refractivity contribution in [2.75, 3.05) is 0 Å². The van der Waals surface area contributed by atoms with Gasteiger partial charge in [0.1, 0.15) is 5.82 Å². The van der Waals surface area contributed by atoms with Crippen LogP contribution in [0.5, 0.6) is 0 Å². The Morgan fingerprint density at radius 3 is 2.76 bits per heavy atom. The number of pyridine rings is 1. The lowest BCUT2D eigenvalue weighted by Crippen LogP contribution is -1.90. The summed E-state index contributed by atoms with van der Waals surface area (Å²) in [5, 5.41) is 1.13. The fourth-order valence-electron chi connectivity index (χ4n) is 1.83. The number of fused-ring (bicyclic) bond motifs is 1. The molecule has 0 aliphatic heterocycles. The van der Waals surface area contributed by atoms with E-state index in [2.05, 4.69) is 27.1 Å². The summed E-state index contributed by atoms with van der Waals surface area (Å²) in [7, 11) is 0. The lowest BCUT2D eigenvalue weighted by atomic mass is 10.1. The third kappa shape index (κ3) is 1.87. The zero-order valence-corrected chi connectivity index (χ0v) is 9.46. The van der Waals surface area contributed by atoms with Gasteiger partial charge in [-0.25, -0.2) is 9.97 Å². The SMILES string of the molecule is Cc1nccc(-c2cnc3ccccc3c2)n1. The van der Waals surface area contributed by atoms with E-state index in [4.69, 9.17) is 0 Å². The van der Waals surface area contributed by atoms with Gasteiger partial charge in [0.05, 0.1) is 11.2 Å². The molecular weight excluding hydrogens is 210 g/mol. The molecule has 2 heterocycles. The fraction of sp³-hybridized carbons (Fsp3) is 0.0714. The molecule has 0 aliphatic carbocycles. The van der Waals surface area contributed by atoms with Gasteiger partial charge in [-0.1, -0.05) is 18.2 Å². The Bertz CT molecular complexity index is 677. The maximum absolute atomic E-state index is 4.43. The minimum atomic E-state index is 0.774. The van der Waals surface area contributed by atoms with Crippen LogP contribution in [0.1, 0.15) is 5.82 Å². The Hall–Kier alpha value is -2.29. The Kier molecular flexibility index (Phi) is 2.29. The van der Waals surface area contributed by atoms with Gasteiger partial charge in [0.15, 0.2) is 0 Å². The number of hydrogen-bond donors (Lipinski definition) is 0. The predicted octanol–water partition coefficient (Wildman–Crippen LogP) is 3.00. The molecule has 1 aromatic carbocycles. The van der Waals surface area contributed by atoms with Gasteiger partial charge in [-0.05, 0) is 25.1 Å². The Balaban J connectivity index is 2.18. The van der Waals surface area contributed by atoms with Crippen molar-refractivity contribution in [3.63, 3.8) is 0 Å². The first-order valence-electron chi connectivity index (χ1n) is 5.48. The molecule has 0 amide bonds. The van der Waals surface area contributed by atoms with E-state index in [-0.39, 0.29) is 0 Å². The molecule has 0 fully saturated rings. The molecule has 0 spiro atoms. The highest BCUT2D eigenvalue weighted by Gasteiger charge is 2.02. The molecule has 0 atom stereocenters. The number of benzene rings is 1. The number of aromatic nitrogens is 3. The smallest absolute Gasteiger partial charge is 0.125 e. The molecular formula is C14H11N3. The second-order valence-electron chi connectivity index (χ2n) is 3.91. The number of hydrogen-bond acceptors (Lipinski definition) is 3. The third-order valence-electron chi connectivity index (χ3n) is 2.66. The molecule has 0 aliphatic rings. The molecule has 0 unspecified atom stereocenters. The van der Waals surface area contributed by atoms with E-state index in [1.54, 1.807) is 6.20 Å². The van der Waals surface area contributed by atoms with Gasteiger partial charge in [-0.3, -0.25) is 4.98 Å². The van der Waals surface area contributed by atoms with E-state index in [1.165, 1.54) is 0 Å². The van der Waals surface area contributed by atoms with Crippen LogP contribution < -0.4 is 0 Å². The number of rotatable bonds is 1. The standard InChI is InChI=1S/C14H11N3/c1-10-15-7-6-14(17-10)12-8-11-4-2-3-5-13(11)16-9-12/h2-9H,1H3. The fourth-order valence-corrected chi connectivity index (χ4v) is 1.83. The summed E-state index contributed by atoms with van der Waals surface area (Å²) in [4.78, 5) is 12.9. The molecule has 2 aromatic heterocycles. The number of nitrogens with zero attached hydrogens (tertiary/aromatic N) is 3. The van der Waals surface area contributed by atoms with E-state index in [1.807, 2.05) is 37.4 Å². The topological polar surface area (TPSA) is 38.7 Å². The highest BCUT2D eigenvalue weighted by molar-refractivity contribution is 5.82. The summed E-state index contributed by atoms with van der Waals surface area (Å²) in [5.74, 6) is 0.774. The third-order valence-corrected chi connectivity index (χ3v) is 2.66. The van der Waals surface area contributed by atoms with E-state index in [0.717, 1.165) is 28.0 Å². The molecule has 0 saturated carbocycles. The van der Waals surface area contributed by atoms with Crippen LogP contribution in [0.15, 0.2) is 48.8 Å². The van der Waals surface area contributed by atoms with Crippen LogP contribution >= 0.6 is 0 Å². The first-order chi connectivity index (χ1) is 8.33. The first kappa shape index (κ1) is 9.90. The predicted molar refractivity (Wildman–Crippen MR) is 67.5 cm³/mol. The molecule has 3 rings (SSSR count). The normalized spacial score (nSPS) is 10.6. The second kappa shape index (κ2) is 3.94. The lowest BCUT2D eigenvalue weighted by molar-refractivity contribution is 1.06. The summed E-state index contributed by atoms with van der Waals surface area (Å²) in [6.45, 7) is 1.89. The highest BCUT2D eigenvalue weighted by atomic mass is 14.9. The first-order valence-corrected chi connectivity index (χ1v) is 5.48. The lowest BCUT2D eigenvalue weighted by Gasteiger charge is -2.03. The van der Waals surface area contributed by atoms with Gasteiger partial charge in [0, 0.05) is 23.3 Å². The minimum Gasteiger partial charge on any atom is -0.256 e. The summed E-state index contributed by atoms with van der Waals surface area (Å²) in [6, 6.07) is 12.1. The van der Waals surface area contributed by atoms with Gasteiger partial charge in [-0.15, -0.1) is 0 Å². The van der Waals surface area contributed by atoms with Crippen LogP contribution in [0, 0.1) is 6.92 Å². The van der Waals surface area contributed by atoms with Gasteiger partial charge < -0.3 is 0 Å². The molecule has 3 aromatic rings. The van der Waals surface area contributed by atoms with Gasteiger partial charge >= 0.3 is 0 Å². The van der Waals surface area contributed by atoms with Crippen molar-refractivity contribution < 1.29 is 0 Å². The van der Waals surface area contributed by atoms with Crippen molar-refractivity contribution in [2.45, 2.75) is 6.92 Å². The van der Waals surface area contributed by atoms with Gasteiger partial charge in [0.2, 0.25) is 0 Å². The van der Waals surface area contributed by atoms with Gasteiger partial charge in [0.25, 0.3) is 0 Å². The van der Waals surface area contributed by atoms with Crippen LogP contribution in [-0.2, 0) is 0 Å². The summed E-state index contributed by atoms with van der Waals surface area (Å²) >= 11 is 0. The summed E-state index contributed by atoms with van der Waals surface area (Å²) in [5.41, 5.74) is 2.94. The average molecular weight is 221 g/mol. The Morgan fingerprint density at radius 1 is 1.00 bits per heavy atom. The maximum atomic E-state index is 4.43. The molecule has 0 bridgehead atoms. The maximum Gasteiger partial charge on any atom is 0.125 e. The van der Waals surface area contributed by atoms with Crippen LogP contribution in [-0.4, -0.2) is 15.0 Å². The van der Waals surface area contributed by atoms with E-state index in [0.29, 0.717) is 0 Å². The molecule has 3 nitrogen and oxygen atoms in total. The van der Waals surface area contributed by atoms with E-state index >= 15 is 0 Å². The average Bonchev–Trinajstić information content (AvgIpc) is 2.38. The zero-order chi connectivity index (χ0) is 11.7. The van der Waals surface area contributed by atoms with Crippen molar-refractivity contribution in [1.29, 1.82) is 0 Å². The van der Waals surface area contributed by atoms with Crippen molar-refractivity contribution >= 4 is 10.9 Å². The summed E-state index contributed by atoms with van der Waals surface area (Å²) < 4.78 is 0. The van der Waals surface area contributed by atoms with Crippen molar-refractivity contribution in [1.82, 2.24) is 15.0 Å². The molecule has 82 valence electrons. The quantitative estimate of drug-likeness (QED) is 0.634. The Labute approximate surface area is 99.2 Å². The molecule has 0 saturated heterocycles. The molecule has 3 heteroatoms. The molecule has 17 heavy (non-hydrogen) atoms.